The zero-order valence-electron chi connectivity index (χ0n) is 22.1. The van der Waals surface area contributed by atoms with Crippen molar-refractivity contribution in [3.63, 3.8) is 0 Å². The lowest BCUT2D eigenvalue weighted by atomic mass is 9.96. The van der Waals surface area contributed by atoms with Crippen molar-refractivity contribution in [3.05, 3.63) is 65.3 Å². The van der Waals surface area contributed by atoms with E-state index in [-0.39, 0.29) is 0 Å². The molecular weight excluding hydrogens is 516 g/mol. The molecule has 0 saturated heterocycles. The molecule has 0 spiro atoms. The molecule has 38 heavy (non-hydrogen) atoms. The third kappa shape index (κ3) is 6.67. The van der Waals surface area contributed by atoms with Gasteiger partial charge >= 0.3 is 0 Å². The van der Waals surface area contributed by atoms with Crippen molar-refractivity contribution in [1.29, 1.82) is 0 Å². The summed E-state index contributed by atoms with van der Waals surface area (Å²) in [4.78, 5) is 15.2. The molecule has 2 aromatic heterocycles. The minimum absolute atomic E-state index is 0.471. The number of aryl methyl sites for hydroxylation is 1. The number of nitrogens with one attached hydrogen (secondary N) is 2. The molecule has 9 heteroatoms. The molecule has 1 aliphatic carbocycles. The SMILES string of the molecule is CCc1cc(-c2ccc(NSc3ccccc3Cl)nc2OC)cc2cnc(NC3CCCCC3)nc12.CN. The molecule has 5 rings (SSSR count). The fourth-order valence-electron chi connectivity index (χ4n) is 4.65. The first-order valence-corrected chi connectivity index (χ1v) is 14.2. The summed E-state index contributed by atoms with van der Waals surface area (Å²) < 4.78 is 8.94. The maximum atomic E-state index is 6.27. The van der Waals surface area contributed by atoms with Crippen molar-refractivity contribution in [2.45, 2.75) is 56.4 Å². The second kappa shape index (κ2) is 13.6. The zero-order chi connectivity index (χ0) is 26.9. The summed E-state index contributed by atoms with van der Waals surface area (Å²) in [6.07, 6.45) is 9.05. The third-order valence-electron chi connectivity index (χ3n) is 6.55. The summed E-state index contributed by atoms with van der Waals surface area (Å²) in [5.41, 5.74) is 8.63. The van der Waals surface area contributed by atoms with Gasteiger partial charge in [-0.25, -0.2) is 9.97 Å². The van der Waals surface area contributed by atoms with Gasteiger partial charge in [0.2, 0.25) is 11.8 Å². The molecule has 0 atom stereocenters. The van der Waals surface area contributed by atoms with Crippen LogP contribution in [0.5, 0.6) is 5.88 Å². The topological polar surface area (TPSA) is 98.0 Å². The van der Waals surface area contributed by atoms with Gasteiger partial charge in [-0.1, -0.05) is 49.9 Å². The number of pyridine rings is 1. The van der Waals surface area contributed by atoms with Gasteiger partial charge in [0.25, 0.3) is 0 Å². The Hall–Kier alpha value is -3.07. The molecule has 0 amide bonds. The quantitative estimate of drug-likeness (QED) is 0.196. The summed E-state index contributed by atoms with van der Waals surface area (Å²) in [5.74, 6) is 1.97. The minimum Gasteiger partial charge on any atom is -0.480 e. The summed E-state index contributed by atoms with van der Waals surface area (Å²) in [5, 5.41) is 5.26. The number of hydrogen-bond acceptors (Lipinski definition) is 8. The molecule has 0 aliphatic heterocycles. The Labute approximate surface area is 234 Å². The molecule has 1 aliphatic rings. The highest BCUT2D eigenvalue weighted by Gasteiger charge is 2.16. The first-order chi connectivity index (χ1) is 18.6. The summed E-state index contributed by atoms with van der Waals surface area (Å²) in [7, 11) is 3.14. The molecule has 0 radical (unpaired) electrons. The average Bonchev–Trinajstić information content (AvgIpc) is 2.97. The van der Waals surface area contributed by atoms with Crippen LogP contribution in [-0.4, -0.2) is 35.2 Å². The van der Waals surface area contributed by atoms with Gasteiger partial charge in [-0.05, 0) is 85.8 Å². The molecule has 200 valence electrons. The second-order valence-corrected chi connectivity index (χ2v) is 10.2. The van der Waals surface area contributed by atoms with Crippen LogP contribution >= 0.6 is 23.5 Å². The van der Waals surface area contributed by atoms with Gasteiger partial charge in [-0.15, -0.1) is 0 Å². The maximum absolute atomic E-state index is 6.27. The fourth-order valence-corrected chi connectivity index (χ4v) is 5.54. The van der Waals surface area contributed by atoms with E-state index in [2.05, 4.69) is 44.8 Å². The van der Waals surface area contributed by atoms with Crippen LogP contribution in [-0.2, 0) is 6.42 Å². The van der Waals surface area contributed by atoms with E-state index in [0.717, 1.165) is 39.3 Å². The molecule has 0 unspecified atom stereocenters. The number of nitrogens with zero attached hydrogens (tertiary/aromatic N) is 3. The average molecular weight is 551 g/mol. The van der Waals surface area contributed by atoms with Gasteiger partial charge in [0.15, 0.2) is 0 Å². The summed E-state index contributed by atoms with van der Waals surface area (Å²) >= 11 is 7.69. The number of fused-ring (bicyclic) bond motifs is 1. The van der Waals surface area contributed by atoms with Crippen LogP contribution in [0.3, 0.4) is 0 Å². The van der Waals surface area contributed by atoms with Gasteiger partial charge in [0.05, 0.1) is 17.6 Å². The highest BCUT2D eigenvalue weighted by atomic mass is 35.5. The number of aromatic nitrogens is 3. The Morgan fingerprint density at radius 1 is 1.05 bits per heavy atom. The largest absolute Gasteiger partial charge is 0.480 e. The molecule has 2 aromatic carbocycles. The van der Waals surface area contributed by atoms with E-state index >= 15 is 0 Å². The standard InChI is InChI=1S/C28H30ClN5OS.CH5N/c1-3-18-15-19(16-20-17-30-28(33-26(18)20)31-21-9-5-4-6-10-21)22-13-14-25(32-27(22)35-2)34-36-24-12-8-7-11-23(24)29;1-2/h7-8,11-17,21H,3-6,9-10H2,1-2H3,(H,32,34)(H,30,31,33);2H2,1H3. The highest BCUT2D eigenvalue weighted by Crippen LogP contribution is 2.35. The van der Waals surface area contributed by atoms with Crippen molar-refractivity contribution in [2.75, 3.05) is 24.2 Å². The normalized spacial score (nSPS) is 13.5. The Morgan fingerprint density at radius 2 is 1.84 bits per heavy atom. The van der Waals surface area contributed by atoms with Gasteiger partial charge in [-0.3, -0.25) is 0 Å². The molecular formula is C29H35ClN6OS. The van der Waals surface area contributed by atoms with Crippen LogP contribution in [0, 0.1) is 0 Å². The second-order valence-electron chi connectivity index (χ2n) is 8.99. The number of rotatable bonds is 8. The Balaban J connectivity index is 0.00000164. The van der Waals surface area contributed by atoms with Gasteiger partial charge in [0.1, 0.15) is 5.82 Å². The van der Waals surface area contributed by atoms with Crippen molar-refractivity contribution in [2.24, 2.45) is 5.73 Å². The van der Waals surface area contributed by atoms with Crippen LogP contribution in [0.2, 0.25) is 5.02 Å². The monoisotopic (exact) mass is 550 g/mol. The van der Waals surface area contributed by atoms with Crippen molar-refractivity contribution in [3.8, 4) is 17.0 Å². The van der Waals surface area contributed by atoms with Crippen molar-refractivity contribution in [1.82, 2.24) is 15.0 Å². The van der Waals surface area contributed by atoms with Crippen LogP contribution in [0.1, 0.15) is 44.6 Å². The number of benzene rings is 2. The molecule has 4 aromatic rings. The van der Waals surface area contributed by atoms with E-state index < -0.39 is 0 Å². The molecule has 7 nitrogen and oxygen atoms in total. The number of anilines is 2. The van der Waals surface area contributed by atoms with Gasteiger partial charge < -0.3 is 20.5 Å². The smallest absolute Gasteiger partial charge is 0.223 e. The number of methoxy groups -OCH3 is 1. The Morgan fingerprint density at radius 3 is 2.58 bits per heavy atom. The van der Waals surface area contributed by atoms with Gasteiger partial charge in [0, 0.05) is 28.1 Å². The minimum atomic E-state index is 0.471. The predicted octanol–water partition coefficient (Wildman–Crippen LogP) is 7.35. The van der Waals surface area contributed by atoms with Crippen molar-refractivity contribution < 1.29 is 4.74 Å². The van der Waals surface area contributed by atoms with Crippen LogP contribution in [0.25, 0.3) is 22.0 Å². The lowest BCUT2D eigenvalue weighted by Crippen LogP contribution is -2.23. The maximum Gasteiger partial charge on any atom is 0.223 e. The van der Waals surface area contributed by atoms with Crippen molar-refractivity contribution >= 4 is 46.2 Å². The van der Waals surface area contributed by atoms with E-state index in [0.29, 0.717) is 22.8 Å². The fraction of sp³-hybridized carbons (Fsp3) is 0.345. The molecule has 1 fully saturated rings. The summed E-state index contributed by atoms with van der Waals surface area (Å²) in [6, 6.07) is 16.4. The van der Waals surface area contributed by atoms with E-state index in [1.54, 1.807) is 7.11 Å². The van der Waals surface area contributed by atoms with E-state index in [9.17, 15) is 0 Å². The lowest BCUT2D eigenvalue weighted by molar-refractivity contribution is 0.400. The number of halogens is 1. The van der Waals surface area contributed by atoms with Crippen LogP contribution in [0.15, 0.2) is 59.6 Å². The molecule has 2 heterocycles. The van der Waals surface area contributed by atoms with Crippen LogP contribution < -0.4 is 20.5 Å². The summed E-state index contributed by atoms with van der Waals surface area (Å²) in [6.45, 7) is 2.16. The number of hydrogen-bond donors (Lipinski definition) is 3. The Kier molecular flexibility index (Phi) is 10.0. The first-order valence-electron chi connectivity index (χ1n) is 13.0. The predicted molar refractivity (Wildman–Crippen MR) is 160 cm³/mol. The highest BCUT2D eigenvalue weighted by molar-refractivity contribution is 8.00. The third-order valence-corrected chi connectivity index (χ3v) is 7.88. The van der Waals surface area contributed by atoms with E-state index in [1.807, 2.05) is 42.6 Å². The van der Waals surface area contributed by atoms with Gasteiger partial charge in [-0.2, -0.15) is 4.98 Å². The molecule has 1 saturated carbocycles. The number of nitrogens with two attached hydrogens (primary N) is 1. The number of ether oxygens (including phenoxy) is 1. The van der Waals surface area contributed by atoms with E-state index in [4.69, 9.17) is 21.3 Å². The van der Waals surface area contributed by atoms with Crippen LogP contribution in [0.4, 0.5) is 11.8 Å². The molecule has 4 N–H and O–H groups in total. The Bertz CT molecular complexity index is 1360. The molecule has 0 bridgehead atoms. The van der Waals surface area contributed by atoms with E-state index in [1.165, 1.54) is 56.7 Å². The first kappa shape index (κ1) is 28.0. The zero-order valence-corrected chi connectivity index (χ0v) is 23.7. The lowest BCUT2D eigenvalue weighted by Gasteiger charge is -2.22.